The van der Waals surface area contributed by atoms with Gasteiger partial charge in [0.15, 0.2) is 0 Å². The van der Waals surface area contributed by atoms with Gasteiger partial charge in [0.2, 0.25) is 0 Å². The lowest BCUT2D eigenvalue weighted by Gasteiger charge is -2.11. The van der Waals surface area contributed by atoms with Gasteiger partial charge >= 0.3 is 0 Å². The number of fused-ring (bicyclic) bond motifs is 1. The van der Waals surface area contributed by atoms with Crippen LogP contribution in [0.5, 0.6) is 5.75 Å². The molecule has 1 atom stereocenters. The van der Waals surface area contributed by atoms with Crippen LogP contribution in [0.3, 0.4) is 0 Å². The lowest BCUT2D eigenvalue weighted by molar-refractivity contribution is 0.0935. The van der Waals surface area contributed by atoms with Gasteiger partial charge in [0.1, 0.15) is 17.1 Å². The molecule has 2 aromatic carbocycles. The van der Waals surface area contributed by atoms with Crippen molar-refractivity contribution in [2.24, 2.45) is 0 Å². The van der Waals surface area contributed by atoms with Crippen molar-refractivity contribution in [2.45, 2.75) is 13.0 Å². The van der Waals surface area contributed by atoms with Gasteiger partial charge in [-0.1, -0.05) is 24.3 Å². The number of carbonyl (C=O) groups is 1. The molecular formula is C18H17NO3. The number of benzene rings is 2. The Bertz CT molecular complexity index is 774. The van der Waals surface area contributed by atoms with E-state index < -0.39 is 0 Å². The van der Waals surface area contributed by atoms with Gasteiger partial charge in [-0.15, -0.1) is 0 Å². The van der Waals surface area contributed by atoms with E-state index in [0.717, 1.165) is 16.7 Å². The Morgan fingerprint density at radius 2 is 1.95 bits per heavy atom. The second-order valence-corrected chi connectivity index (χ2v) is 5.11. The topological polar surface area (TPSA) is 51.5 Å². The molecule has 0 radical (unpaired) electrons. The summed E-state index contributed by atoms with van der Waals surface area (Å²) < 4.78 is 10.9. The summed E-state index contributed by atoms with van der Waals surface area (Å²) in [7, 11) is 1.58. The highest BCUT2D eigenvalue weighted by Gasteiger charge is 2.15. The molecule has 0 saturated carbocycles. The maximum atomic E-state index is 12.3. The third-order valence-corrected chi connectivity index (χ3v) is 3.55. The summed E-state index contributed by atoms with van der Waals surface area (Å²) in [6, 6.07) is 16.6. The molecule has 4 heteroatoms. The van der Waals surface area contributed by atoms with E-state index in [2.05, 4.69) is 5.32 Å². The van der Waals surface area contributed by atoms with Crippen molar-refractivity contribution in [3.63, 3.8) is 0 Å². The number of rotatable bonds is 4. The number of amides is 1. The van der Waals surface area contributed by atoms with Crippen LogP contribution in [-0.4, -0.2) is 13.0 Å². The summed E-state index contributed by atoms with van der Waals surface area (Å²) >= 11 is 0. The van der Waals surface area contributed by atoms with Crippen molar-refractivity contribution in [1.29, 1.82) is 0 Å². The predicted octanol–water partition coefficient (Wildman–Crippen LogP) is 3.93. The number of hydrogen-bond donors (Lipinski definition) is 1. The first-order chi connectivity index (χ1) is 10.7. The van der Waals surface area contributed by atoms with E-state index in [4.69, 9.17) is 9.15 Å². The van der Waals surface area contributed by atoms with Crippen LogP contribution in [0.1, 0.15) is 29.1 Å². The van der Waals surface area contributed by atoms with Gasteiger partial charge < -0.3 is 14.5 Å². The summed E-state index contributed by atoms with van der Waals surface area (Å²) in [5.74, 6) is 1.23. The average molecular weight is 295 g/mol. The lowest BCUT2D eigenvalue weighted by Crippen LogP contribution is -2.26. The minimum absolute atomic E-state index is 0.160. The smallest absolute Gasteiger partial charge is 0.251 e. The molecule has 0 bridgehead atoms. The number of furan rings is 1. The Hall–Kier alpha value is -2.75. The highest BCUT2D eigenvalue weighted by Crippen LogP contribution is 2.24. The summed E-state index contributed by atoms with van der Waals surface area (Å²) in [5.41, 5.74) is 1.38. The molecule has 4 nitrogen and oxygen atoms in total. The van der Waals surface area contributed by atoms with Gasteiger partial charge in [0, 0.05) is 10.9 Å². The summed E-state index contributed by atoms with van der Waals surface area (Å²) in [6.07, 6.45) is 0. The third-order valence-electron chi connectivity index (χ3n) is 3.55. The van der Waals surface area contributed by atoms with E-state index in [9.17, 15) is 4.79 Å². The molecule has 1 aromatic heterocycles. The standard InChI is InChI=1S/C18H17NO3/c1-12(17-11-13-6-3-4-9-16(13)22-17)19-18(20)14-7-5-8-15(10-14)21-2/h3-12H,1-2H3,(H,19,20)/t12-/m1/s1. The van der Waals surface area contributed by atoms with E-state index in [1.54, 1.807) is 31.4 Å². The number of ether oxygens (including phenoxy) is 1. The molecule has 112 valence electrons. The number of hydrogen-bond acceptors (Lipinski definition) is 3. The molecule has 0 saturated heterocycles. The zero-order chi connectivity index (χ0) is 15.5. The molecular weight excluding hydrogens is 278 g/mol. The Morgan fingerprint density at radius 1 is 1.14 bits per heavy atom. The van der Waals surface area contributed by atoms with Crippen LogP contribution >= 0.6 is 0 Å². The minimum atomic E-state index is -0.217. The number of carbonyl (C=O) groups excluding carboxylic acids is 1. The van der Waals surface area contributed by atoms with E-state index in [0.29, 0.717) is 11.3 Å². The maximum Gasteiger partial charge on any atom is 0.251 e. The number of para-hydroxylation sites is 1. The van der Waals surface area contributed by atoms with Crippen LogP contribution in [0.15, 0.2) is 59.0 Å². The molecule has 1 amide bonds. The van der Waals surface area contributed by atoms with Gasteiger partial charge in [-0.25, -0.2) is 0 Å². The van der Waals surface area contributed by atoms with Gasteiger partial charge in [-0.05, 0) is 37.3 Å². The Kier molecular flexibility index (Phi) is 3.83. The largest absolute Gasteiger partial charge is 0.497 e. The van der Waals surface area contributed by atoms with E-state index in [1.165, 1.54) is 0 Å². The Balaban J connectivity index is 1.77. The first kappa shape index (κ1) is 14.2. The van der Waals surface area contributed by atoms with Gasteiger partial charge in [-0.3, -0.25) is 4.79 Å². The number of nitrogens with one attached hydrogen (secondary N) is 1. The second kappa shape index (κ2) is 5.93. The minimum Gasteiger partial charge on any atom is -0.497 e. The van der Waals surface area contributed by atoms with E-state index >= 15 is 0 Å². The molecule has 3 aromatic rings. The first-order valence-corrected chi connectivity index (χ1v) is 7.11. The monoisotopic (exact) mass is 295 g/mol. The van der Waals surface area contributed by atoms with Gasteiger partial charge in [0.05, 0.1) is 13.2 Å². The first-order valence-electron chi connectivity index (χ1n) is 7.11. The molecule has 3 rings (SSSR count). The fourth-order valence-corrected chi connectivity index (χ4v) is 2.33. The number of methoxy groups -OCH3 is 1. The van der Waals surface area contributed by atoms with Gasteiger partial charge in [-0.2, -0.15) is 0 Å². The van der Waals surface area contributed by atoms with Gasteiger partial charge in [0.25, 0.3) is 5.91 Å². The maximum absolute atomic E-state index is 12.3. The van der Waals surface area contributed by atoms with Crippen molar-refractivity contribution in [3.8, 4) is 5.75 Å². The van der Waals surface area contributed by atoms with Crippen LogP contribution in [0.2, 0.25) is 0 Å². The van der Waals surface area contributed by atoms with Crippen LogP contribution in [0, 0.1) is 0 Å². The van der Waals surface area contributed by atoms with Crippen molar-refractivity contribution in [1.82, 2.24) is 5.32 Å². The van der Waals surface area contributed by atoms with Crippen LogP contribution in [-0.2, 0) is 0 Å². The fourth-order valence-electron chi connectivity index (χ4n) is 2.33. The van der Waals surface area contributed by atoms with Crippen LogP contribution in [0.4, 0.5) is 0 Å². The molecule has 0 fully saturated rings. The third kappa shape index (κ3) is 2.81. The van der Waals surface area contributed by atoms with Crippen molar-refractivity contribution in [3.05, 3.63) is 65.9 Å². The van der Waals surface area contributed by atoms with Crippen LogP contribution < -0.4 is 10.1 Å². The molecule has 0 unspecified atom stereocenters. The van der Waals surface area contributed by atoms with E-state index in [1.807, 2.05) is 37.3 Å². The Labute approximate surface area is 128 Å². The molecule has 1 heterocycles. The summed E-state index contributed by atoms with van der Waals surface area (Å²) in [6.45, 7) is 1.90. The second-order valence-electron chi connectivity index (χ2n) is 5.11. The Morgan fingerprint density at radius 3 is 2.73 bits per heavy atom. The molecule has 0 spiro atoms. The summed E-state index contributed by atoms with van der Waals surface area (Å²) in [5, 5.41) is 3.96. The van der Waals surface area contributed by atoms with E-state index in [-0.39, 0.29) is 11.9 Å². The molecule has 22 heavy (non-hydrogen) atoms. The average Bonchev–Trinajstić information content (AvgIpc) is 2.99. The van der Waals surface area contributed by atoms with Crippen LogP contribution in [0.25, 0.3) is 11.0 Å². The molecule has 0 aliphatic carbocycles. The molecule has 0 aliphatic heterocycles. The SMILES string of the molecule is COc1cccc(C(=O)N[C@H](C)c2cc3ccccc3o2)c1. The van der Waals surface area contributed by atoms with Crippen molar-refractivity contribution in [2.75, 3.05) is 7.11 Å². The molecule has 1 N–H and O–H groups in total. The predicted molar refractivity (Wildman–Crippen MR) is 85.1 cm³/mol. The quantitative estimate of drug-likeness (QED) is 0.793. The molecule has 0 aliphatic rings. The lowest BCUT2D eigenvalue weighted by atomic mass is 10.1. The fraction of sp³-hybridized carbons (Fsp3) is 0.167. The van der Waals surface area contributed by atoms with Crippen molar-refractivity contribution < 1.29 is 13.9 Å². The highest BCUT2D eigenvalue weighted by molar-refractivity contribution is 5.94. The zero-order valence-corrected chi connectivity index (χ0v) is 12.5. The summed E-state index contributed by atoms with van der Waals surface area (Å²) in [4.78, 5) is 12.3. The highest BCUT2D eigenvalue weighted by atomic mass is 16.5. The normalized spacial score (nSPS) is 12.1. The van der Waals surface area contributed by atoms with Crippen molar-refractivity contribution >= 4 is 16.9 Å². The zero-order valence-electron chi connectivity index (χ0n) is 12.5.